The Morgan fingerprint density at radius 2 is 2.00 bits per heavy atom. The predicted octanol–water partition coefficient (Wildman–Crippen LogP) is 2.74. The molecule has 2 nitrogen and oxygen atoms in total. The fourth-order valence-electron chi connectivity index (χ4n) is 1.73. The summed E-state index contributed by atoms with van der Waals surface area (Å²) >= 11 is 0. The lowest BCUT2D eigenvalue weighted by atomic mass is 10.1. The number of nitrogens with zero attached hydrogens (tertiary/aromatic N) is 1. The van der Waals surface area contributed by atoms with Crippen LogP contribution in [0.3, 0.4) is 0 Å². The van der Waals surface area contributed by atoms with Gasteiger partial charge in [-0.3, -0.25) is 9.69 Å². The van der Waals surface area contributed by atoms with Crippen molar-refractivity contribution >= 4 is 5.78 Å². The Kier molecular flexibility index (Phi) is 4.75. The van der Waals surface area contributed by atoms with Gasteiger partial charge >= 0.3 is 0 Å². The Hall–Kier alpha value is -1.29. The highest BCUT2D eigenvalue weighted by atomic mass is 19.1. The molecule has 0 amide bonds. The molecule has 1 aromatic rings. The summed E-state index contributed by atoms with van der Waals surface area (Å²) in [6.07, 6.45) is 0. The van der Waals surface area contributed by atoms with Crippen molar-refractivity contribution < 1.29 is 13.6 Å². The topological polar surface area (TPSA) is 20.3 Å². The Morgan fingerprint density at radius 3 is 2.53 bits per heavy atom. The van der Waals surface area contributed by atoms with Gasteiger partial charge in [-0.25, -0.2) is 8.78 Å². The molecule has 0 aromatic heterocycles. The molecule has 0 bridgehead atoms. The van der Waals surface area contributed by atoms with E-state index in [2.05, 4.69) is 0 Å². The molecule has 0 saturated carbocycles. The summed E-state index contributed by atoms with van der Waals surface area (Å²) in [5, 5.41) is 0. The van der Waals surface area contributed by atoms with Crippen LogP contribution in [0, 0.1) is 17.6 Å². The van der Waals surface area contributed by atoms with Gasteiger partial charge in [0.05, 0.1) is 12.1 Å². The zero-order valence-electron chi connectivity index (χ0n) is 10.3. The van der Waals surface area contributed by atoms with Gasteiger partial charge < -0.3 is 0 Å². The van der Waals surface area contributed by atoms with Crippen molar-refractivity contribution in [3.63, 3.8) is 0 Å². The monoisotopic (exact) mass is 241 g/mol. The highest BCUT2D eigenvalue weighted by Gasteiger charge is 2.14. The first-order valence-electron chi connectivity index (χ1n) is 5.57. The van der Waals surface area contributed by atoms with E-state index in [0.717, 1.165) is 18.7 Å². The lowest BCUT2D eigenvalue weighted by Gasteiger charge is -2.18. The molecule has 0 radical (unpaired) electrons. The minimum Gasteiger partial charge on any atom is -0.299 e. The van der Waals surface area contributed by atoms with Crippen LogP contribution < -0.4 is 0 Å². The number of ketones is 1. The van der Waals surface area contributed by atoms with Crippen LogP contribution in [0.25, 0.3) is 0 Å². The average molecular weight is 241 g/mol. The fraction of sp³-hybridized carbons (Fsp3) is 0.462. The Bertz CT molecular complexity index is 404. The first-order chi connectivity index (χ1) is 7.90. The summed E-state index contributed by atoms with van der Waals surface area (Å²) in [6.45, 7) is 4.98. The highest BCUT2D eigenvalue weighted by Crippen LogP contribution is 2.11. The van der Waals surface area contributed by atoms with E-state index >= 15 is 0 Å². The second kappa shape index (κ2) is 5.87. The molecular formula is C13H17F2NO. The van der Waals surface area contributed by atoms with Gasteiger partial charge in [0.15, 0.2) is 5.78 Å². The largest absolute Gasteiger partial charge is 0.299 e. The normalized spacial score (nSPS) is 11.2. The molecule has 1 aromatic carbocycles. The Morgan fingerprint density at radius 1 is 1.35 bits per heavy atom. The Balaban J connectivity index is 2.70. The summed E-state index contributed by atoms with van der Waals surface area (Å²) in [5.74, 6) is -1.36. The Labute approximate surface area is 100 Å². The minimum atomic E-state index is -0.798. The van der Waals surface area contributed by atoms with Gasteiger partial charge in [0.1, 0.15) is 11.6 Å². The molecule has 0 fully saturated rings. The van der Waals surface area contributed by atoms with Gasteiger partial charge in [0, 0.05) is 12.6 Å². The number of hydrogen-bond acceptors (Lipinski definition) is 2. The SMILES string of the molecule is CC(C)CN(C)CC(=O)c1ccc(F)cc1F. The first-order valence-corrected chi connectivity index (χ1v) is 5.57. The van der Waals surface area contributed by atoms with Crippen LogP contribution >= 0.6 is 0 Å². The van der Waals surface area contributed by atoms with Crippen LogP contribution in [0.2, 0.25) is 0 Å². The second-order valence-corrected chi connectivity index (χ2v) is 4.64. The van der Waals surface area contributed by atoms with Crippen molar-refractivity contribution in [3.05, 3.63) is 35.4 Å². The molecule has 17 heavy (non-hydrogen) atoms. The maximum Gasteiger partial charge on any atom is 0.179 e. The average Bonchev–Trinajstić information content (AvgIpc) is 2.15. The van der Waals surface area contributed by atoms with E-state index in [1.54, 1.807) is 7.05 Å². The third-order valence-corrected chi connectivity index (χ3v) is 2.32. The van der Waals surface area contributed by atoms with E-state index in [1.165, 1.54) is 6.07 Å². The molecule has 1 rings (SSSR count). The number of carbonyl (C=O) groups excluding carboxylic acids is 1. The molecule has 94 valence electrons. The molecule has 0 spiro atoms. The smallest absolute Gasteiger partial charge is 0.179 e. The maximum atomic E-state index is 13.3. The summed E-state index contributed by atoms with van der Waals surface area (Å²) < 4.78 is 26.0. The van der Waals surface area contributed by atoms with Crippen LogP contribution in [0.4, 0.5) is 8.78 Å². The lowest BCUT2D eigenvalue weighted by molar-refractivity contribution is 0.0936. The van der Waals surface area contributed by atoms with Crippen molar-refractivity contribution in [1.82, 2.24) is 4.90 Å². The van der Waals surface area contributed by atoms with Gasteiger partial charge in [-0.05, 0) is 25.1 Å². The molecule has 4 heteroatoms. The highest BCUT2D eigenvalue weighted by molar-refractivity contribution is 5.97. The number of rotatable bonds is 5. The zero-order valence-corrected chi connectivity index (χ0v) is 10.3. The van der Waals surface area contributed by atoms with Gasteiger partial charge in [0.25, 0.3) is 0 Å². The molecule has 0 heterocycles. The predicted molar refractivity (Wildman–Crippen MR) is 63.0 cm³/mol. The third kappa shape index (κ3) is 4.23. The van der Waals surface area contributed by atoms with E-state index in [9.17, 15) is 13.6 Å². The van der Waals surface area contributed by atoms with Crippen LogP contribution in [0.5, 0.6) is 0 Å². The molecule has 0 aliphatic heterocycles. The van der Waals surface area contributed by atoms with Crippen molar-refractivity contribution in [2.45, 2.75) is 13.8 Å². The van der Waals surface area contributed by atoms with Crippen LogP contribution in [0.1, 0.15) is 24.2 Å². The van der Waals surface area contributed by atoms with Gasteiger partial charge in [-0.15, -0.1) is 0 Å². The number of benzene rings is 1. The van der Waals surface area contributed by atoms with Crippen molar-refractivity contribution in [2.24, 2.45) is 5.92 Å². The summed E-state index contributed by atoms with van der Waals surface area (Å²) in [5.41, 5.74) is -0.0537. The molecule has 0 saturated heterocycles. The van der Waals surface area contributed by atoms with Crippen LogP contribution in [0.15, 0.2) is 18.2 Å². The molecule has 0 aliphatic carbocycles. The molecule has 0 unspecified atom stereocenters. The van der Waals surface area contributed by atoms with Crippen molar-refractivity contribution in [2.75, 3.05) is 20.1 Å². The van der Waals surface area contributed by atoms with E-state index in [1.807, 2.05) is 18.7 Å². The lowest BCUT2D eigenvalue weighted by Crippen LogP contribution is -2.29. The summed E-state index contributed by atoms with van der Waals surface area (Å²) in [6, 6.07) is 3.02. The van der Waals surface area contributed by atoms with E-state index in [4.69, 9.17) is 0 Å². The fourth-order valence-corrected chi connectivity index (χ4v) is 1.73. The number of halogens is 2. The van der Waals surface area contributed by atoms with Crippen LogP contribution in [-0.4, -0.2) is 30.8 Å². The number of hydrogen-bond donors (Lipinski definition) is 0. The molecular weight excluding hydrogens is 224 g/mol. The van der Waals surface area contributed by atoms with Crippen LogP contribution in [-0.2, 0) is 0 Å². The second-order valence-electron chi connectivity index (χ2n) is 4.64. The van der Waals surface area contributed by atoms with Crippen molar-refractivity contribution in [3.8, 4) is 0 Å². The summed E-state index contributed by atoms with van der Waals surface area (Å²) in [4.78, 5) is 13.6. The molecule has 0 N–H and O–H groups in total. The molecule has 0 atom stereocenters. The van der Waals surface area contributed by atoms with E-state index in [0.29, 0.717) is 5.92 Å². The number of Topliss-reactive ketones (excluding diaryl/α,β-unsaturated/α-hetero) is 1. The maximum absolute atomic E-state index is 13.3. The minimum absolute atomic E-state index is 0.0537. The zero-order chi connectivity index (χ0) is 13.0. The van der Waals surface area contributed by atoms with Gasteiger partial charge in [0.2, 0.25) is 0 Å². The quantitative estimate of drug-likeness (QED) is 0.739. The number of likely N-dealkylation sites (N-methyl/N-ethyl adjacent to an activating group) is 1. The standard InChI is InChI=1S/C13H17F2NO/c1-9(2)7-16(3)8-13(17)11-5-4-10(14)6-12(11)15/h4-6,9H,7-8H2,1-3H3. The van der Waals surface area contributed by atoms with Gasteiger partial charge in [-0.1, -0.05) is 13.8 Å². The molecule has 0 aliphatic rings. The van der Waals surface area contributed by atoms with Gasteiger partial charge in [-0.2, -0.15) is 0 Å². The first kappa shape index (κ1) is 13.8. The third-order valence-electron chi connectivity index (χ3n) is 2.32. The van der Waals surface area contributed by atoms with Crippen molar-refractivity contribution in [1.29, 1.82) is 0 Å². The van der Waals surface area contributed by atoms with E-state index < -0.39 is 11.6 Å². The van der Waals surface area contributed by atoms with E-state index in [-0.39, 0.29) is 17.9 Å². The number of carbonyl (C=O) groups is 1. The summed E-state index contributed by atoms with van der Waals surface area (Å²) in [7, 11) is 1.80.